The molecule has 0 saturated heterocycles. The first-order chi connectivity index (χ1) is 11.2. The van der Waals surface area contributed by atoms with Crippen LogP contribution < -0.4 is 5.43 Å². The van der Waals surface area contributed by atoms with E-state index in [2.05, 4.69) is 15.5 Å². The molecule has 0 spiro atoms. The normalized spacial score (nSPS) is 11.0. The number of aromatic nitrogens is 1. The van der Waals surface area contributed by atoms with E-state index < -0.39 is 0 Å². The van der Waals surface area contributed by atoms with Gasteiger partial charge in [0.1, 0.15) is 11.3 Å². The number of carbonyl (C=O) groups is 1. The molecule has 23 heavy (non-hydrogen) atoms. The van der Waals surface area contributed by atoms with Crippen LogP contribution in [0.1, 0.15) is 11.1 Å². The van der Waals surface area contributed by atoms with Gasteiger partial charge in [-0.25, -0.2) is 5.43 Å². The lowest BCUT2D eigenvalue weighted by atomic mass is 10.1. The summed E-state index contributed by atoms with van der Waals surface area (Å²) in [5, 5.41) is 14.6. The van der Waals surface area contributed by atoms with Gasteiger partial charge >= 0.3 is 0 Å². The van der Waals surface area contributed by atoms with Crippen molar-refractivity contribution in [2.24, 2.45) is 5.10 Å². The van der Waals surface area contributed by atoms with E-state index in [0.29, 0.717) is 5.52 Å². The predicted octanol–water partition coefficient (Wildman–Crippen LogP) is 2.63. The van der Waals surface area contributed by atoms with Gasteiger partial charge in [0.25, 0.3) is 0 Å². The fourth-order valence-corrected chi connectivity index (χ4v) is 2.29. The summed E-state index contributed by atoms with van der Waals surface area (Å²) in [6, 6.07) is 16.4. The molecule has 0 atom stereocenters. The molecule has 1 amide bonds. The number of fused-ring (bicyclic) bond motifs is 1. The van der Waals surface area contributed by atoms with Crippen molar-refractivity contribution in [3.8, 4) is 5.75 Å². The van der Waals surface area contributed by atoms with Crippen LogP contribution in [0.3, 0.4) is 0 Å². The van der Waals surface area contributed by atoms with E-state index in [0.717, 1.165) is 16.5 Å². The van der Waals surface area contributed by atoms with Gasteiger partial charge in [-0.1, -0.05) is 36.4 Å². The molecule has 0 aliphatic heterocycles. The Morgan fingerprint density at radius 2 is 1.96 bits per heavy atom. The molecule has 0 aliphatic carbocycles. The van der Waals surface area contributed by atoms with Gasteiger partial charge in [0.15, 0.2) is 0 Å². The maximum Gasteiger partial charge on any atom is 0.244 e. The molecule has 5 nitrogen and oxygen atoms in total. The van der Waals surface area contributed by atoms with Crippen LogP contribution in [0.4, 0.5) is 0 Å². The predicted molar refractivity (Wildman–Crippen MR) is 89.3 cm³/mol. The number of rotatable bonds is 4. The number of pyridine rings is 1. The summed E-state index contributed by atoms with van der Waals surface area (Å²) in [4.78, 5) is 16.0. The maximum atomic E-state index is 11.8. The number of phenolic OH excluding ortho intramolecular Hbond substituents is 1. The van der Waals surface area contributed by atoms with Crippen LogP contribution in [-0.2, 0) is 11.2 Å². The minimum absolute atomic E-state index is 0.117. The summed E-state index contributed by atoms with van der Waals surface area (Å²) < 4.78 is 0. The van der Waals surface area contributed by atoms with Gasteiger partial charge in [-0.15, -0.1) is 0 Å². The standard InChI is InChI=1S/C18H15N3O2/c22-16-9-8-14(15-7-4-10-19-18(15)16)12-20-21-17(23)11-13-5-2-1-3-6-13/h1-10,12,22H,11H2,(H,21,23). The van der Waals surface area contributed by atoms with E-state index in [1.807, 2.05) is 36.4 Å². The first-order valence-electron chi connectivity index (χ1n) is 7.16. The Balaban J connectivity index is 1.71. The number of carbonyl (C=O) groups excluding carboxylic acids is 1. The Kier molecular flexibility index (Phi) is 4.29. The minimum atomic E-state index is -0.186. The van der Waals surface area contributed by atoms with Crippen molar-refractivity contribution < 1.29 is 9.90 Å². The molecule has 114 valence electrons. The monoisotopic (exact) mass is 305 g/mol. The first-order valence-corrected chi connectivity index (χ1v) is 7.16. The van der Waals surface area contributed by atoms with Gasteiger partial charge in [0.2, 0.25) is 5.91 Å². The highest BCUT2D eigenvalue weighted by molar-refractivity contribution is 6.00. The Morgan fingerprint density at radius 1 is 1.13 bits per heavy atom. The Labute approximate surface area is 133 Å². The molecule has 0 fully saturated rings. The summed E-state index contributed by atoms with van der Waals surface area (Å²) >= 11 is 0. The molecule has 2 aromatic carbocycles. The van der Waals surface area contributed by atoms with E-state index in [9.17, 15) is 9.90 Å². The molecule has 0 bridgehead atoms. The van der Waals surface area contributed by atoms with E-state index in [1.54, 1.807) is 30.6 Å². The van der Waals surface area contributed by atoms with Gasteiger partial charge in [0.05, 0.1) is 12.6 Å². The molecule has 0 aliphatic rings. The third-order valence-corrected chi connectivity index (χ3v) is 3.38. The van der Waals surface area contributed by atoms with Crippen LogP contribution in [0, 0.1) is 0 Å². The molecule has 1 heterocycles. The molecule has 0 saturated carbocycles. The highest BCUT2D eigenvalue weighted by Gasteiger charge is 2.05. The summed E-state index contributed by atoms with van der Waals surface area (Å²) in [6.07, 6.45) is 3.44. The number of hydrogen-bond acceptors (Lipinski definition) is 4. The largest absolute Gasteiger partial charge is 0.506 e. The third-order valence-electron chi connectivity index (χ3n) is 3.38. The molecule has 3 aromatic rings. The van der Waals surface area contributed by atoms with E-state index in [1.165, 1.54) is 0 Å². The zero-order chi connectivity index (χ0) is 16.1. The van der Waals surface area contributed by atoms with E-state index >= 15 is 0 Å². The molecule has 5 heteroatoms. The van der Waals surface area contributed by atoms with Crippen molar-refractivity contribution in [3.63, 3.8) is 0 Å². The molecule has 0 radical (unpaired) electrons. The second-order valence-corrected chi connectivity index (χ2v) is 5.03. The lowest BCUT2D eigenvalue weighted by molar-refractivity contribution is -0.120. The van der Waals surface area contributed by atoms with Crippen molar-refractivity contribution >= 4 is 23.0 Å². The fourth-order valence-electron chi connectivity index (χ4n) is 2.29. The maximum absolute atomic E-state index is 11.8. The fraction of sp³-hybridized carbons (Fsp3) is 0.0556. The Bertz CT molecular complexity index is 861. The molecule has 2 N–H and O–H groups in total. The van der Waals surface area contributed by atoms with Crippen LogP contribution in [0.5, 0.6) is 5.75 Å². The van der Waals surface area contributed by atoms with E-state index in [-0.39, 0.29) is 18.1 Å². The van der Waals surface area contributed by atoms with Gasteiger partial charge in [-0.2, -0.15) is 5.10 Å². The second-order valence-electron chi connectivity index (χ2n) is 5.03. The molecular weight excluding hydrogens is 290 g/mol. The van der Waals surface area contributed by atoms with Crippen molar-refractivity contribution in [2.75, 3.05) is 0 Å². The third kappa shape index (κ3) is 3.52. The number of hydrazone groups is 1. The molecule has 3 rings (SSSR count). The Morgan fingerprint density at radius 3 is 2.78 bits per heavy atom. The van der Waals surface area contributed by atoms with E-state index in [4.69, 9.17) is 0 Å². The average Bonchev–Trinajstić information content (AvgIpc) is 2.58. The lowest BCUT2D eigenvalue weighted by Crippen LogP contribution is -2.19. The van der Waals surface area contributed by atoms with Gasteiger partial charge < -0.3 is 5.11 Å². The number of phenols is 1. The van der Waals surface area contributed by atoms with Crippen LogP contribution in [-0.4, -0.2) is 22.2 Å². The zero-order valence-corrected chi connectivity index (χ0v) is 12.3. The summed E-state index contributed by atoms with van der Waals surface area (Å²) in [6.45, 7) is 0. The van der Waals surface area contributed by atoms with Gasteiger partial charge in [-0.3, -0.25) is 9.78 Å². The smallest absolute Gasteiger partial charge is 0.244 e. The molecule has 1 aromatic heterocycles. The lowest BCUT2D eigenvalue weighted by Gasteiger charge is -2.03. The molecule has 0 unspecified atom stereocenters. The van der Waals surface area contributed by atoms with Crippen molar-refractivity contribution in [1.29, 1.82) is 0 Å². The summed E-state index contributed by atoms with van der Waals surface area (Å²) in [5.41, 5.74) is 4.71. The van der Waals surface area contributed by atoms with Crippen molar-refractivity contribution in [1.82, 2.24) is 10.4 Å². The molecular formula is C18H15N3O2. The number of hydrogen-bond donors (Lipinski definition) is 2. The number of benzene rings is 2. The van der Waals surface area contributed by atoms with Crippen LogP contribution >= 0.6 is 0 Å². The highest BCUT2D eigenvalue weighted by atomic mass is 16.3. The summed E-state index contributed by atoms with van der Waals surface area (Å²) in [7, 11) is 0. The van der Waals surface area contributed by atoms with Crippen LogP contribution in [0.15, 0.2) is 65.9 Å². The number of nitrogens with one attached hydrogen (secondary N) is 1. The summed E-state index contributed by atoms with van der Waals surface area (Å²) in [5.74, 6) is -0.0699. The minimum Gasteiger partial charge on any atom is -0.506 e. The topological polar surface area (TPSA) is 74.6 Å². The SMILES string of the molecule is O=C(Cc1ccccc1)NN=Cc1ccc(O)c2ncccc12. The van der Waals surface area contributed by atoms with Crippen LogP contribution in [0.2, 0.25) is 0 Å². The van der Waals surface area contributed by atoms with Crippen molar-refractivity contribution in [3.05, 3.63) is 71.9 Å². The quantitative estimate of drug-likeness (QED) is 0.575. The van der Waals surface area contributed by atoms with Gasteiger partial charge in [-0.05, 0) is 23.8 Å². The zero-order valence-electron chi connectivity index (χ0n) is 12.3. The average molecular weight is 305 g/mol. The number of aromatic hydroxyl groups is 1. The highest BCUT2D eigenvalue weighted by Crippen LogP contribution is 2.24. The van der Waals surface area contributed by atoms with Gasteiger partial charge in [0, 0.05) is 17.1 Å². The van der Waals surface area contributed by atoms with Crippen LogP contribution in [0.25, 0.3) is 10.9 Å². The number of nitrogens with zero attached hydrogens (tertiary/aromatic N) is 2. The Hall–Kier alpha value is -3.21. The number of amides is 1. The second kappa shape index (κ2) is 6.70. The first kappa shape index (κ1) is 14.7. The van der Waals surface area contributed by atoms with Crippen molar-refractivity contribution in [2.45, 2.75) is 6.42 Å².